The molecule has 0 bridgehead atoms. The molecule has 3 rings (SSSR count). The van der Waals surface area contributed by atoms with Crippen LogP contribution in [0.2, 0.25) is 0 Å². The number of halogens is 2. The maximum absolute atomic E-state index is 14.4. The van der Waals surface area contributed by atoms with Crippen molar-refractivity contribution in [1.29, 1.82) is 0 Å². The average molecular weight is 474 g/mol. The second-order valence-corrected chi connectivity index (χ2v) is 9.01. The number of anilines is 1. The molecule has 7 heteroatoms. The first-order valence-corrected chi connectivity index (χ1v) is 11.9. The molecular weight excluding hydrogens is 440 g/mol. The van der Waals surface area contributed by atoms with Crippen LogP contribution in [0.4, 0.5) is 14.5 Å². The number of benzene rings is 2. The second-order valence-electron chi connectivity index (χ2n) is 7.96. The summed E-state index contributed by atoms with van der Waals surface area (Å²) in [4.78, 5) is 12.9. The third-order valence-electron chi connectivity index (χ3n) is 4.91. The topological polar surface area (TPSA) is 44.4 Å². The Balaban J connectivity index is 0.00000187. The molecule has 2 unspecified atom stereocenters. The summed E-state index contributed by atoms with van der Waals surface area (Å²) in [6.45, 7) is 9.71. The number of rotatable bonds is 9. The van der Waals surface area contributed by atoms with Crippen molar-refractivity contribution < 1.29 is 13.6 Å². The van der Waals surface area contributed by atoms with Crippen LogP contribution in [-0.2, 0) is 4.79 Å². The predicted molar refractivity (Wildman–Crippen MR) is 135 cm³/mol. The van der Waals surface area contributed by atoms with Gasteiger partial charge in [-0.25, -0.2) is 8.78 Å². The number of allylic oxidation sites excluding steroid dienone is 2. The predicted octanol–water partition coefficient (Wildman–Crippen LogP) is 6.73. The molecule has 1 amide bonds. The minimum absolute atomic E-state index is 0.231. The van der Waals surface area contributed by atoms with Crippen molar-refractivity contribution in [3.05, 3.63) is 88.4 Å². The van der Waals surface area contributed by atoms with Gasteiger partial charge in [0.2, 0.25) is 6.41 Å². The van der Waals surface area contributed by atoms with Gasteiger partial charge in [0.25, 0.3) is 0 Å². The lowest BCUT2D eigenvalue weighted by atomic mass is 10.1. The lowest BCUT2D eigenvalue weighted by molar-refractivity contribution is -0.115. The van der Waals surface area contributed by atoms with Crippen LogP contribution in [0.25, 0.3) is 0 Å². The van der Waals surface area contributed by atoms with E-state index in [0.29, 0.717) is 17.9 Å². The summed E-state index contributed by atoms with van der Waals surface area (Å²) >= 11 is 1.52. The zero-order valence-electron chi connectivity index (χ0n) is 20.1. The minimum atomic E-state index is -0.394. The quantitative estimate of drug-likeness (QED) is 0.241. The van der Waals surface area contributed by atoms with Crippen molar-refractivity contribution in [2.24, 2.45) is 0 Å². The van der Waals surface area contributed by atoms with Crippen LogP contribution >= 0.6 is 11.9 Å². The van der Waals surface area contributed by atoms with Gasteiger partial charge in [0, 0.05) is 12.3 Å². The van der Waals surface area contributed by atoms with Gasteiger partial charge < -0.3 is 14.9 Å². The Bertz CT molecular complexity index is 1020. The molecule has 0 radical (unpaired) electrons. The van der Waals surface area contributed by atoms with E-state index >= 15 is 0 Å². The van der Waals surface area contributed by atoms with E-state index in [9.17, 15) is 13.6 Å². The number of hydrogen-bond acceptors (Lipinski definition) is 4. The molecule has 1 fully saturated rings. The van der Waals surface area contributed by atoms with Crippen molar-refractivity contribution in [3.8, 4) is 0 Å². The smallest absolute Gasteiger partial charge is 0.215 e. The fourth-order valence-electron chi connectivity index (χ4n) is 3.21. The number of amides is 1. The lowest BCUT2D eigenvalue weighted by Crippen LogP contribution is -2.26. The van der Waals surface area contributed by atoms with Crippen LogP contribution in [0.5, 0.6) is 0 Å². The van der Waals surface area contributed by atoms with Gasteiger partial charge in [-0.2, -0.15) is 0 Å². The highest BCUT2D eigenvalue weighted by atomic mass is 32.2. The van der Waals surface area contributed by atoms with Crippen LogP contribution < -0.4 is 10.0 Å². The molecular formula is C26H33F2N3OS. The molecule has 1 aliphatic carbocycles. The third kappa shape index (κ3) is 7.63. The third-order valence-corrected chi connectivity index (χ3v) is 6.07. The van der Waals surface area contributed by atoms with Crippen LogP contribution in [-0.4, -0.2) is 23.6 Å². The number of nitrogens with zero attached hydrogens (tertiary/aromatic N) is 1. The maximum atomic E-state index is 14.4. The highest BCUT2D eigenvalue weighted by Crippen LogP contribution is 2.48. The van der Waals surface area contributed by atoms with Gasteiger partial charge in [0.1, 0.15) is 17.5 Å². The summed E-state index contributed by atoms with van der Waals surface area (Å²) in [5, 5.41) is 3.33. The summed E-state index contributed by atoms with van der Waals surface area (Å²) in [5.74, 6) is 0.0881. The zero-order valence-corrected chi connectivity index (χ0v) is 20.9. The highest BCUT2D eigenvalue weighted by molar-refractivity contribution is 7.98. The van der Waals surface area contributed by atoms with Gasteiger partial charge in [-0.05, 0) is 86.5 Å². The summed E-state index contributed by atoms with van der Waals surface area (Å²) in [6.07, 6.45) is 3.51. The van der Waals surface area contributed by atoms with E-state index in [-0.39, 0.29) is 22.7 Å². The second kappa shape index (κ2) is 12.4. The maximum Gasteiger partial charge on any atom is 0.215 e. The first-order valence-electron chi connectivity index (χ1n) is 11.1. The Kier molecular flexibility index (Phi) is 9.97. The van der Waals surface area contributed by atoms with E-state index in [2.05, 4.69) is 10.0 Å². The summed E-state index contributed by atoms with van der Waals surface area (Å²) in [7, 11) is 1.61. The van der Waals surface area contributed by atoms with Crippen molar-refractivity contribution in [3.63, 3.8) is 0 Å². The molecule has 33 heavy (non-hydrogen) atoms. The molecule has 2 aromatic carbocycles. The highest BCUT2D eigenvalue weighted by Gasteiger charge is 2.39. The van der Waals surface area contributed by atoms with E-state index in [1.165, 1.54) is 29.0 Å². The molecule has 0 saturated heterocycles. The first kappa shape index (κ1) is 26.5. The molecule has 2 atom stereocenters. The summed E-state index contributed by atoms with van der Waals surface area (Å²) < 4.78 is 31.3. The molecule has 0 heterocycles. The average Bonchev–Trinajstić information content (AvgIpc) is 3.57. The van der Waals surface area contributed by atoms with E-state index in [0.717, 1.165) is 23.1 Å². The molecule has 0 aromatic heterocycles. The Morgan fingerprint density at radius 3 is 2.48 bits per heavy atom. The van der Waals surface area contributed by atoms with Gasteiger partial charge >= 0.3 is 0 Å². The number of nitrogens with one attached hydrogen (secondary N) is 2. The van der Waals surface area contributed by atoms with Crippen LogP contribution in [0.3, 0.4) is 0 Å². The van der Waals surface area contributed by atoms with Gasteiger partial charge in [0.15, 0.2) is 0 Å². The fraction of sp³-hybridized carbons (Fsp3) is 0.346. The molecule has 0 aliphatic heterocycles. The van der Waals surface area contributed by atoms with Crippen molar-refractivity contribution in [2.45, 2.75) is 52.2 Å². The Morgan fingerprint density at radius 1 is 1.15 bits per heavy atom. The molecule has 0 spiro atoms. The molecule has 1 aliphatic rings. The largest absolute Gasteiger partial charge is 0.337 e. The molecule has 2 aromatic rings. The summed E-state index contributed by atoms with van der Waals surface area (Å²) in [6, 6.07) is 11.6. The number of carbonyl (C=O) groups excluding carboxylic acids is 1. The molecule has 2 N–H and O–H groups in total. The number of hydrogen-bond donors (Lipinski definition) is 2. The van der Waals surface area contributed by atoms with Gasteiger partial charge in [0.05, 0.1) is 11.4 Å². The first-order chi connectivity index (χ1) is 15.8. The standard InChI is InChI=1S/C24H27F2N3OS.C2H6/c1-15(2)10-22(28-31-23-13-19(23)17-6-5-7-18(25)12-17)24(29(4)14-30)27-21-9-8-16(3)11-20(21)26;1-2/h5-12,14,19,23,27-28H,13H2,1-4H3;1-2H3/b24-22+;. The van der Waals surface area contributed by atoms with Crippen molar-refractivity contribution in [1.82, 2.24) is 9.62 Å². The minimum Gasteiger partial charge on any atom is -0.337 e. The van der Waals surface area contributed by atoms with Gasteiger partial charge in [-0.15, -0.1) is 0 Å². The zero-order chi connectivity index (χ0) is 24.5. The van der Waals surface area contributed by atoms with Crippen LogP contribution in [0, 0.1) is 18.6 Å². The Hall–Kier alpha value is -2.80. The molecule has 4 nitrogen and oxygen atoms in total. The summed E-state index contributed by atoms with van der Waals surface area (Å²) in [5.41, 5.74) is 3.75. The van der Waals surface area contributed by atoms with Gasteiger partial charge in [-0.3, -0.25) is 4.79 Å². The van der Waals surface area contributed by atoms with Crippen molar-refractivity contribution >= 4 is 24.0 Å². The Labute approximate surface area is 200 Å². The van der Waals surface area contributed by atoms with E-state index in [4.69, 9.17) is 0 Å². The Morgan fingerprint density at radius 2 is 1.88 bits per heavy atom. The van der Waals surface area contributed by atoms with E-state index in [1.807, 2.05) is 46.8 Å². The SMILES string of the molecule is CC.CC(C)=C/C(NSC1CC1c1cccc(F)c1)=C(/Nc1ccc(C)cc1F)N(C)C=O. The van der Waals surface area contributed by atoms with E-state index < -0.39 is 5.82 Å². The number of aryl methyl sites for hydroxylation is 1. The molecule has 1 saturated carbocycles. The normalized spacial score (nSPS) is 17.1. The van der Waals surface area contributed by atoms with Crippen molar-refractivity contribution in [2.75, 3.05) is 12.4 Å². The van der Waals surface area contributed by atoms with Gasteiger partial charge in [-0.1, -0.05) is 37.6 Å². The lowest BCUT2D eigenvalue weighted by Gasteiger charge is -2.22. The van der Waals surface area contributed by atoms with Crippen LogP contribution in [0.15, 0.2) is 65.6 Å². The monoisotopic (exact) mass is 473 g/mol. The molecule has 178 valence electrons. The number of carbonyl (C=O) groups is 1. The van der Waals surface area contributed by atoms with Crippen LogP contribution in [0.1, 0.15) is 51.2 Å². The fourth-order valence-corrected chi connectivity index (χ4v) is 4.27. The van der Waals surface area contributed by atoms with E-state index in [1.54, 1.807) is 31.3 Å².